The van der Waals surface area contributed by atoms with Crippen LogP contribution in [0, 0.1) is 0 Å². The summed E-state index contributed by atoms with van der Waals surface area (Å²) in [6.45, 7) is 0.463. The summed E-state index contributed by atoms with van der Waals surface area (Å²) in [6, 6.07) is 0. The maximum Gasteiger partial charge on any atom is 0.331 e. The predicted molar refractivity (Wildman–Crippen MR) is 101 cm³/mol. The standard InChI is InChI=1S/C18H30N2O8.ClH/c1-19(2,3)11-13(9-15(21)22)27-17(25)7-8-18(26)28-14(10-16(23)24)12-20(4,5)6;/h7-8,13-14H,9-12H2,1-6H3;1H/b8-7+;. The number of carbonyl (C=O) groups is 4. The third kappa shape index (κ3) is 17.6. The third-order valence-electron chi connectivity index (χ3n) is 3.21. The zero-order valence-corrected chi connectivity index (χ0v) is 18.5. The lowest BCUT2D eigenvalue weighted by atomic mass is 10.2. The van der Waals surface area contributed by atoms with Gasteiger partial charge in [0.2, 0.25) is 0 Å². The lowest BCUT2D eigenvalue weighted by molar-refractivity contribution is -0.873. The van der Waals surface area contributed by atoms with Crippen LogP contribution in [0.4, 0.5) is 0 Å². The Labute approximate surface area is 177 Å². The number of quaternary nitrogens is 2. The van der Waals surface area contributed by atoms with Crippen LogP contribution in [-0.2, 0) is 28.7 Å². The van der Waals surface area contributed by atoms with Gasteiger partial charge in [-0.15, -0.1) is 12.4 Å². The molecule has 0 aliphatic rings. The highest BCUT2D eigenvalue weighted by Gasteiger charge is 2.23. The average Bonchev–Trinajstić information content (AvgIpc) is 2.39. The molecule has 2 unspecified atom stereocenters. The molecule has 0 heterocycles. The Balaban J connectivity index is 0. The molecule has 0 fully saturated rings. The molecule has 0 aromatic carbocycles. The molecule has 0 saturated carbocycles. The van der Waals surface area contributed by atoms with E-state index in [0.29, 0.717) is 8.97 Å². The number of carboxylic acids is 2. The molecule has 0 saturated heterocycles. The summed E-state index contributed by atoms with van der Waals surface area (Å²) in [6.07, 6.45) is -1.19. The monoisotopic (exact) mass is 438 g/mol. The minimum Gasteiger partial charge on any atom is -0.550 e. The van der Waals surface area contributed by atoms with Gasteiger partial charge in [-0.3, -0.25) is 0 Å². The van der Waals surface area contributed by atoms with Gasteiger partial charge in [0.05, 0.1) is 42.3 Å². The molecule has 0 rings (SSSR count). The number of likely N-dealkylation sites (N-methyl/N-ethyl adjacent to an activating group) is 2. The summed E-state index contributed by atoms with van der Waals surface area (Å²) in [5.41, 5.74) is 0. The molecular formula is C18H31ClN2O8. The summed E-state index contributed by atoms with van der Waals surface area (Å²) in [5.74, 6) is -4.56. The Morgan fingerprint density at radius 1 is 0.724 bits per heavy atom. The number of esters is 2. The maximum atomic E-state index is 11.9. The molecule has 29 heavy (non-hydrogen) atoms. The Bertz CT molecular complexity index is 556. The van der Waals surface area contributed by atoms with Gasteiger partial charge in [-0.1, -0.05) is 0 Å². The molecular weight excluding hydrogens is 408 g/mol. The first kappa shape index (κ1) is 29.0. The van der Waals surface area contributed by atoms with Gasteiger partial charge in [0, 0.05) is 36.9 Å². The van der Waals surface area contributed by atoms with Crippen molar-refractivity contribution in [2.24, 2.45) is 0 Å². The van der Waals surface area contributed by atoms with Crippen LogP contribution in [0.15, 0.2) is 12.2 Å². The van der Waals surface area contributed by atoms with Crippen LogP contribution in [0.25, 0.3) is 0 Å². The highest BCUT2D eigenvalue weighted by Crippen LogP contribution is 2.07. The van der Waals surface area contributed by atoms with Crippen molar-refractivity contribution in [3.05, 3.63) is 12.2 Å². The molecule has 0 N–H and O–H groups in total. The zero-order valence-electron chi connectivity index (χ0n) is 17.7. The van der Waals surface area contributed by atoms with Crippen molar-refractivity contribution in [1.82, 2.24) is 0 Å². The fraction of sp³-hybridized carbons (Fsp3) is 0.667. The van der Waals surface area contributed by atoms with Crippen molar-refractivity contribution < 1.29 is 47.8 Å². The Hall–Kier alpha value is -2.17. The maximum absolute atomic E-state index is 11.9. The van der Waals surface area contributed by atoms with Crippen LogP contribution in [0.3, 0.4) is 0 Å². The highest BCUT2D eigenvalue weighted by molar-refractivity contribution is 5.92. The van der Waals surface area contributed by atoms with Gasteiger partial charge in [0.1, 0.15) is 13.1 Å². The van der Waals surface area contributed by atoms with Crippen molar-refractivity contribution in [2.75, 3.05) is 55.4 Å². The predicted octanol–water partition coefficient (Wildman–Crippen LogP) is -2.52. The number of hydrogen-bond donors (Lipinski definition) is 0. The lowest BCUT2D eigenvalue weighted by Crippen LogP contribution is -2.45. The highest BCUT2D eigenvalue weighted by atomic mass is 35.5. The third-order valence-corrected chi connectivity index (χ3v) is 3.21. The fourth-order valence-electron chi connectivity index (χ4n) is 2.42. The summed E-state index contributed by atoms with van der Waals surface area (Å²) >= 11 is 0. The van der Waals surface area contributed by atoms with E-state index in [1.807, 2.05) is 0 Å². The molecule has 2 atom stereocenters. The second-order valence-electron chi connectivity index (χ2n) is 8.55. The number of rotatable bonds is 12. The molecule has 0 amide bonds. The Morgan fingerprint density at radius 3 is 1.21 bits per heavy atom. The van der Waals surface area contributed by atoms with Crippen molar-refractivity contribution >= 4 is 36.3 Å². The zero-order chi connectivity index (χ0) is 22.1. The number of carboxylic acid groups (broad SMARTS) is 2. The number of aliphatic carboxylic acids is 2. The van der Waals surface area contributed by atoms with Crippen LogP contribution in [0.2, 0.25) is 0 Å². The molecule has 0 aromatic rings. The second kappa shape index (κ2) is 12.4. The summed E-state index contributed by atoms with van der Waals surface area (Å²) in [7, 11) is 10.8. The van der Waals surface area contributed by atoms with Gasteiger partial charge in [-0.2, -0.15) is 0 Å². The molecule has 0 spiro atoms. The van der Waals surface area contributed by atoms with Crippen molar-refractivity contribution in [1.29, 1.82) is 0 Å². The van der Waals surface area contributed by atoms with Crippen LogP contribution < -0.4 is 10.2 Å². The van der Waals surface area contributed by atoms with Crippen molar-refractivity contribution in [3.8, 4) is 0 Å². The molecule has 0 aromatic heterocycles. The van der Waals surface area contributed by atoms with Gasteiger partial charge in [0.25, 0.3) is 0 Å². The first-order chi connectivity index (χ1) is 12.6. The van der Waals surface area contributed by atoms with Crippen LogP contribution in [-0.4, -0.2) is 100 Å². The van der Waals surface area contributed by atoms with Gasteiger partial charge >= 0.3 is 11.9 Å². The first-order valence-corrected chi connectivity index (χ1v) is 8.67. The summed E-state index contributed by atoms with van der Waals surface area (Å²) < 4.78 is 10.8. The quantitative estimate of drug-likeness (QED) is 0.185. The smallest absolute Gasteiger partial charge is 0.331 e. The second-order valence-corrected chi connectivity index (χ2v) is 8.55. The molecule has 168 valence electrons. The van der Waals surface area contributed by atoms with E-state index >= 15 is 0 Å². The fourth-order valence-corrected chi connectivity index (χ4v) is 2.42. The van der Waals surface area contributed by atoms with Gasteiger partial charge in [-0.25, -0.2) is 9.59 Å². The van der Waals surface area contributed by atoms with Crippen molar-refractivity contribution in [2.45, 2.75) is 25.0 Å². The Morgan fingerprint density at radius 2 is 1.00 bits per heavy atom. The van der Waals surface area contributed by atoms with E-state index in [-0.39, 0.29) is 25.5 Å². The molecule has 0 radical (unpaired) electrons. The van der Waals surface area contributed by atoms with E-state index in [9.17, 15) is 29.4 Å². The number of nitrogens with zero attached hydrogens (tertiary/aromatic N) is 2. The van der Waals surface area contributed by atoms with E-state index in [0.717, 1.165) is 12.2 Å². The van der Waals surface area contributed by atoms with Crippen molar-refractivity contribution in [3.63, 3.8) is 0 Å². The average molecular weight is 439 g/mol. The molecule has 10 nitrogen and oxygen atoms in total. The summed E-state index contributed by atoms with van der Waals surface area (Å²) in [5, 5.41) is 21.6. The van der Waals surface area contributed by atoms with Gasteiger partial charge < -0.3 is 38.2 Å². The number of halogens is 1. The van der Waals surface area contributed by atoms with E-state index in [2.05, 4.69) is 0 Å². The summed E-state index contributed by atoms with van der Waals surface area (Å²) in [4.78, 5) is 45.4. The topological polar surface area (TPSA) is 133 Å². The SMILES string of the molecule is C[N+](C)(C)CC(CC(=O)[O-])OC(=O)/C=C/C(=O)OC(CC(=O)[O-])C[N+](C)(C)C.Cl. The van der Waals surface area contributed by atoms with Gasteiger partial charge in [-0.05, 0) is 0 Å². The normalized spacial score (nSPS) is 13.9. The van der Waals surface area contributed by atoms with Crippen LogP contribution in [0.1, 0.15) is 12.8 Å². The van der Waals surface area contributed by atoms with Gasteiger partial charge in [0.15, 0.2) is 12.2 Å². The van der Waals surface area contributed by atoms with E-state index in [4.69, 9.17) is 9.47 Å². The Kier molecular flexibility index (Phi) is 12.4. The van der Waals surface area contributed by atoms with Crippen LogP contribution in [0.5, 0.6) is 0 Å². The number of hydrogen-bond acceptors (Lipinski definition) is 8. The van der Waals surface area contributed by atoms with E-state index < -0.39 is 48.9 Å². The van der Waals surface area contributed by atoms with E-state index in [1.165, 1.54) is 0 Å². The lowest BCUT2D eigenvalue weighted by Gasteiger charge is -2.29. The first-order valence-electron chi connectivity index (χ1n) is 8.67. The number of ether oxygens (including phenoxy) is 2. The largest absolute Gasteiger partial charge is 0.550 e. The minimum absolute atomic E-state index is 0. The molecule has 0 aliphatic heterocycles. The molecule has 0 bridgehead atoms. The van der Waals surface area contributed by atoms with Crippen LogP contribution >= 0.6 is 12.4 Å². The molecule has 0 aliphatic carbocycles. The minimum atomic E-state index is -1.36. The number of carbonyl (C=O) groups excluding carboxylic acids is 4. The van der Waals surface area contributed by atoms with E-state index in [1.54, 1.807) is 42.3 Å². The molecule has 11 heteroatoms.